The third kappa shape index (κ3) is 4.79. The van der Waals surface area contributed by atoms with E-state index in [1.807, 2.05) is 31.4 Å². The van der Waals surface area contributed by atoms with E-state index in [1.54, 1.807) is 6.20 Å². The predicted molar refractivity (Wildman–Crippen MR) is 145 cm³/mol. The second-order valence-electron chi connectivity index (χ2n) is 9.86. The molecule has 4 aromatic rings. The van der Waals surface area contributed by atoms with Gasteiger partial charge in [-0.1, -0.05) is 24.3 Å². The van der Waals surface area contributed by atoms with Crippen LogP contribution in [0, 0.1) is 20.8 Å². The van der Waals surface area contributed by atoms with E-state index in [1.165, 1.54) is 5.56 Å². The molecule has 1 aliphatic heterocycles. The van der Waals surface area contributed by atoms with Crippen LogP contribution in [-0.2, 0) is 6.54 Å². The highest BCUT2D eigenvalue weighted by molar-refractivity contribution is 6.28. The van der Waals surface area contributed by atoms with Crippen LogP contribution in [0.1, 0.15) is 69.3 Å². The Morgan fingerprint density at radius 3 is 2.68 bits per heavy atom. The first-order valence-corrected chi connectivity index (χ1v) is 12.9. The topological polar surface area (TPSA) is 105 Å². The number of rotatable bonds is 6. The highest BCUT2D eigenvalue weighted by Crippen LogP contribution is 2.32. The second kappa shape index (κ2) is 10.1. The molecule has 1 aliphatic rings. The molecule has 0 spiro atoms. The van der Waals surface area contributed by atoms with Gasteiger partial charge < -0.3 is 20.2 Å². The third-order valence-electron chi connectivity index (χ3n) is 7.44. The Kier molecular flexibility index (Phi) is 6.88. The second-order valence-corrected chi connectivity index (χ2v) is 10.2. The molecule has 1 aromatic carbocycles. The lowest BCUT2D eigenvalue weighted by Crippen LogP contribution is -2.28. The quantitative estimate of drug-likeness (QED) is 0.330. The number of nitrogens with one attached hydrogen (secondary N) is 3. The average Bonchev–Trinajstić information content (AvgIpc) is 3.49. The van der Waals surface area contributed by atoms with Gasteiger partial charge in [0.25, 0.3) is 11.5 Å². The molecule has 4 heterocycles. The number of aromatic nitrogens is 4. The first kappa shape index (κ1) is 25.2. The number of fused-ring (bicyclic) bond motifs is 1. The number of carbonyl (C=O) groups is 1. The zero-order valence-corrected chi connectivity index (χ0v) is 22.2. The number of hydrogen-bond donors (Lipinski definition) is 3. The van der Waals surface area contributed by atoms with Crippen molar-refractivity contribution in [1.29, 1.82) is 0 Å². The standard InChI is InChI=1S/C28H31ClN6O2/c1-15-11-16(2)33-26(36)22(15)13-31-27(37)24-18(4)35(25-23(24)14-32-28(29)34-25)17(3)19-5-7-20(8-6-19)21-9-10-30-12-21/h5-8,11,14,17,21,30H,9-10,12-13H2,1-4H3,(H,31,37)(H,33,36)/t17-,21?/m1/s1. The molecule has 3 N–H and O–H groups in total. The monoisotopic (exact) mass is 518 g/mol. The summed E-state index contributed by atoms with van der Waals surface area (Å²) in [6.45, 7) is 9.88. The van der Waals surface area contributed by atoms with Crippen LogP contribution < -0.4 is 16.2 Å². The van der Waals surface area contributed by atoms with Crippen molar-refractivity contribution in [3.8, 4) is 0 Å². The molecule has 5 rings (SSSR count). The van der Waals surface area contributed by atoms with Crippen molar-refractivity contribution in [3.05, 3.63) is 91.4 Å². The molecule has 37 heavy (non-hydrogen) atoms. The molecule has 0 aliphatic carbocycles. The molecule has 2 atom stereocenters. The highest BCUT2D eigenvalue weighted by Gasteiger charge is 2.25. The minimum absolute atomic E-state index is 0.0899. The van der Waals surface area contributed by atoms with Crippen molar-refractivity contribution in [1.82, 2.24) is 30.2 Å². The van der Waals surface area contributed by atoms with Crippen LogP contribution in [0.2, 0.25) is 5.28 Å². The van der Waals surface area contributed by atoms with E-state index in [2.05, 4.69) is 56.8 Å². The zero-order valence-electron chi connectivity index (χ0n) is 21.5. The first-order chi connectivity index (χ1) is 17.7. The number of pyridine rings is 1. The maximum atomic E-state index is 13.5. The number of H-pyrrole nitrogens is 1. The lowest BCUT2D eigenvalue weighted by molar-refractivity contribution is 0.0951. The maximum Gasteiger partial charge on any atom is 0.254 e. The molecule has 8 nitrogen and oxygen atoms in total. The Balaban J connectivity index is 1.49. The summed E-state index contributed by atoms with van der Waals surface area (Å²) < 4.78 is 2.04. The van der Waals surface area contributed by atoms with Crippen molar-refractivity contribution in [3.63, 3.8) is 0 Å². The van der Waals surface area contributed by atoms with Gasteiger partial charge in [0.05, 0.1) is 17.0 Å². The zero-order chi connectivity index (χ0) is 26.3. The Labute approximate surface area is 220 Å². The van der Waals surface area contributed by atoms with Crippen molar-refractivity contribution in [2.45, 2.75) is 52.6 Å². The fourth-order valence-corrected chi connectivity index (χ4v) is 5.57. The van der Waals surface area contributed by atoms with Gasteiger partial charge in [-0.05, 0) is 80.9 Å². The largest absolute Gasteiger partial charge is 0.348 e. The van der Waals surface area contributed by atoms with Crippen molar-refractivity contribution < 1.29 is 4.79 Å². The third-order valence-corrected chi connectivity index (χ3v) is 7.63. The van der Waals surface area contributed by atoms with Crippen LogP contribution >= 0.6 is 11.6 Å². The van der Waals surface area contributed by atoms with Crippen molar-refractivity contribution in [2.75, 3.05) is 13.1 Å². The number of nitrogens with zero attached hydrogens (tertiary/aromatic N) is 3. The van der Waals surface area contributed by atoms with E-state index >= 15 is 0 Å². The number of hydrogen-bond acceptors (Lipinski definition) is 5. The normalized spacial score (nSPS) is 16.3. The van der Waals surface area contributed by atoms with Crippen molar-refractivity contribution in [2.24, 2.45) is 0 Å². The van der Waals surface area contributed by atoms with Crippen LogP contribution in [0.4, 0.5) is 0 Å². The molecule has 1 unspecified atom stereocenters. The predicted octanol–water partition coefficient (Wildman–Crippen LogP) is 4.31. The molecule has 192 valence electrons. The Morgan fingerprint density at radius 2 is 2.00 bits per heavy atom. The number of carbonyl (C=O) groups excluding carboxylic acids is 1. The first-order valence-electron chi connectivity index (χ1n) is 12.6. The molecule has 3 aromatic heterocycles. The molecule has 1 saturated heterocycles. The molecule has 9 heteroatoms. The molecule has 0 saturated carbocycles. The van der Waals surface area contributed by atoms with Gasteiger partial charge in [-0.2, -0.15) is 4.98 Å². The molecular formula is C28H31ClN6O2. The summed E-state index contributed by atoms with van der Waals surface area (Å²) in [5.74, 6) is 0.257. The molecule has 1 fully saturated rings. The fraction of sp³-hybridized carbons (Fsp3) is 0.357. The maximum absolute atomic E-state index is 13.5. The van der Waals surface area contributed by atoms with E-state index in [9.17, 15) is 9.59 Å². The lowest BCUT2D eigenvalue weighted by Gasteiger charge is -2.19. The molecule has 1 amide bonds. The summed E-state index contributed by atoms with van der Waals surface area (Å²) in [7, 11) is 0. The van der Waals surface area contributed by atoms with Crippen LogP contribution in [0.15, 0.2) is 41.3 Å². The number of aryl methyl sites for hydroxylation is 2. The lowest BCUT2D eigenvalue weighted by atomic mass is 9.96. The van der Waals surface area contributed by atoms with E-state index in [-0.39, 0.29) is 29.3 Å². The van der Waals surface area contributed by atoms with Crippen LogP contribution in [0.25, 0.3) is 11.0 Å². The average molecular weight is 519 g/mol. The Hall–Kier alpha value is -3.49. The van der Waals surface area contributed by atoms with E-state index in [0.717, 1.165) is 42.0 Å². The molecule has 0 radical (unpaired) electrons. The van der Waals surface area contributed by atoms with Gasteiger partial charge >= 0.3 is 0 Å². The minimum atomic E-state index is -0.289. The van der Waals surface area contributed by atoms with E-state index in [4.69, 9.17) is 11.6 Å². The van der Waals surface area contributed by atoms with Gasteiger partial charge in [-0.3, -0.25) is 9.59 Å². The summed E-state index contributed by atoms with van der Waals surface area (Å²) in [4.78, 5) is 37.3. The van der Waals surface area contributed by atoms with Gasteiger partial charge in [0.1, 0.15) is 5.65 Å². The summed E-state index contributed by atoms with van der Waals surface area (Å²) in [5, 5.41) is 7.09. The van der Waals surface area contributed by atoms with Gasteiger partial charge in [0.2, 0.25) is 5.28 Å². The van der Waals surface area contributed by atoms with Crippen LogP contribution in [0.3, 0.4) is 0 Å². The Morgan fingerprint density at radius 1 is 1.24 bits per heavy atom. The van der Waals surface area contributed by atoms with Gasteiger partial charge in [-0.25, -0.2) is 4.98 Å². The SMILES string of the molecule is Cc1cc(C)c(CNC(=O)c2c(C)n([C@H](C)c3ccc(C4CCNC4)cc3)c3nc(Cl)ncc23)c(=O)[nH]1. The summed E-state index contributed by atoms with van der Waals surface area (Å²) >= 11 is 6.18. The fourth-order valence-electron chi connectivity index (χ4n) is 5.44. The number of amides is 1. The molecule has 0 bridgehead atoms. The minimum Gasteiger partial charge on any atom is -0.348 e. The number of halogens is 1. The number of benzene rings is 1. The van der Waals surface area contributed by atoms with Gasteiger partial charge in [0.15, 0.2) is 0 Å². The summed E-state index contributed by atoms with van der Waals surface area (Å²) in [6.07, 6.45) is 2.74. The molecular weight excluding hydrogens is 488 g/mol. The van der Waals surface area contributed by atoms with Crippen LogP contribution in [0.5, 0.6) is 0 Å². The number of aromatic amines is 1. The summed E-state index contributed by atoms with van der Waals surface area (Å²) in [6, 6.07) is 10.5. The van der Waals surface area contributed by atoms with Gasteiger partial charge in [-0.15, -0.1) is 0 Å². The van der Waals surface area contributed by atoms with Crippen molar-refractivity contribution >= 4 is 28.5 Å². The smallest absolute Gasteiger partial charge is 0.254 e. The van der Waals surface area contributed by atoms with Crippen LogP contribution in [-0.4, -0.2) is 38.5 Å². The highest BCUT2D eigenvalue weighted by atomic mass is 35.5. The Bertz CT molecular complexity index is 1530. The van der Waals surface area contributed by atoms with Gasteiger partial charge in [0, 0.05) is 36.2 Å². The van der Waals surface area contributed by atoms with E-state index in [0.29, 0.717) is 28.1 Å². The summed E-state index contributed by atoms with van der Waals surface area (Å²) in [5.41, 5.74) is 6.24. The van der Waals surface area contributed by atoms with E-state index < -0.39 is 0 Å².